The maximum Gasteiger partial charge on any atom is 0.236 e. The number of carbonyl (C=O) groups is 1. The molecule has 0 spiro atoms. The summed E-state index contributed by atoms with van der Waals surface area (Å²) >= 11 is 0. The van der Waals surface area contributed by atoms with Crippen LogP contribution in [0.4, 0.5) is 0 Å². The molecule has 3 aliphatic rings. The van der Waals surface area contributed by atoms with Gasteiger partial charge in [-0.25, -0.2) is 0 Å². The monoisotopic (exact) mass is 326 g/mol. The summed E-state index contributed by atoms with van der Waals surface area (Å²) in [7, 11) is 0. The molecular formula is C20H26N2O2. The van der Waals surface area contributed by atoms with E-state index in [1.54, 1.807) is 0 Å². The molecule has 128 valence electrons. The zero-order valence-corrected chi connectivity index (χ0v) is 14.1. The van der Waals surface area contributed by atoms with Gasteiger partial charge in [-0.15, -0.1) is 0 Å². The Morgan fingerprint density at radius 1 is 1.00 bits per heavy atom. The summed E-state index contributed by atoms with van der Waals surface area (Å²) in [5, 5.41) is 9.24. The lowest BCUT2D eigenvalue weighted by atomic mass is 9.98. The van der Waals surface area contributed by atoms with Gasteiger partial charge in [0.05, 0.1) is 6.54 Å². The molecule has 0 aromatic heterocycles. The summed E-state index contributed by atoms with van der Waals surface area (Å²) in [5.74, 6) is 3.05. The maximum atomic E-state index is 12.7. The molecule has 0 aromatic carbocycles. The zero-order valence-electron chi connectivity index (χ0n) is 14.1. The number of amides is 1. The highest BCUT2D eigenvalue weighted by Gasteiger charge is 2.28. The number of likely N-dealkylation sites (tertiary alicyclic amines) is 1. The first-order chi connectivity index (χ1) is 11.7. The molecule has 0 bridgehead atoms. The summed E-state index contributed by atoms with van der Waals surface area (Å²) in [6.45, 7) is 3.80. The summed E-state index contributed by atoms with van der Waals surface area (Å²) in [6, 6.07) is 0. The fourth-order valence-corrected chi connectivity index (χ4v) is 3.38. The van der Waals surface area contributed by atoms with E-state index >= 15 is 0 Å². The van der Waals surface area contributed by atoms with Crippen molar-refractivity contribution in [2.24, 2.45) is 5.92 Å². The van der Waals surface area contributed by atoms with E-state index in [0.717, 1.165) is 39.0 Å². The van der Waals surface area contributed by atoms with E-state index in [0.29, 0.717) is 12.5 Å². The second kappa shape index (κ2) is 9.19. The SMILES string of the molecule is O=C(CN(C[C]1[CH][CH][CH][CH]1)C[C]1[CH][CH][CH][CH]1)N1CCC(CO)CC1. The molecule has 1 N–H and O–H groups in total. The number of aliphatic hydroxyl groups excluding tert-OH is 1. The van der Waals surface area contributed by atoms with Gasteiger partial charge in [0.1, 0.15) is 0 Å². The zero-order chi connectivity index (χ0) is 16.8. The molecule has 0 unspecified atom stereocenters. The van der Waals surface area contributed by atoms with Crippen LogP contribution in [-0.2, 0) is 4.79 Å². The number of carbonyl (C=O) groups excluding carboxylic acids is 1. The topological polar surface area (TPSA) is 43.8 Å². The van der Waals surface area contributed by atoms with Gasteiger partial charge in [-0.3, -0.25) is 9.69 Å². The third kappa shape index (κ3) is 5.19. The summed E-state index contributed by atoms with van der Waals surface area (Å²) in [5.41, 5.74) is 0. The van der Waals surface area contributed by atoms with Crippen LogP contribution < -0.4 is 0 Å². The van der Waals surface area contributed by atoms with Crippen molar-refractivity contribution in [2.75, 3.05) is 39.3 Å². The van der Waals surface area contributed by atoms with Gasteiger partial charge in [0, 0.05) is 32.8 Å². The fraction of sp³-hybridized carbons (Fsp3) is 0.450. The molecule has 2 saturated carbocycles. The molecule has 1 amide bonds. The number of hydrogen-bond donors (Lipinski definition) is 1. The Balaban J connectivity index is 1.50. The Morgan fingerprint density at radius 3 is 1.96 bits per heavy atom. The van der Waals surface area contributed by atoms with Crippen LogP contribution in [0.3, 0.4) is 0 Å². The minimum absolute atomic E-state index is 0.199. The molecule has 1 heterocycles. The minimum Gasteiger partial charge on any atom is -0.396 e. The highest BCUT2D eigenvalue weighted by atomic mass is 16.3. The van der Waals surface area contributed by atoms with Crippen LogP contribution in [0.15, 0.2) is 0 Å². The highest BCUT2D eigenvalue weighted by Crippen LogP contribution is 2.28. The van der Waals surface area contributed by atoms with Crippen LogP contribution >= 0.6 is 0 Å². The lowest BCUT2D eigenvalue weighted by Crippen LogP contribution is -2.46. The van der Waals surface area contributed by atoms with Crippen molar-refractivity contribution in [1.82, 2.24) is 9.80 Å². The van der Waals surface area contributed by atoms with Crippen molar-refractivity contribution in [3.8, 4) is 0 Å². The maximum absolute atomic E-state index is 12.7. The molecule has 2 aliphatic carbocycles. The van der Waals surface area contributed by atoms with Gasteiger partial charge in [0.25, 0.3) is 0 Å². The first-order valence-electron chi connectivity index (χ1n) is 8.77. The van der Waals surface area contributed by atoms with E-state index in [9.17, 15) is 9.90 Å². The third-order valence-electron chi connectivity index (χ3n) is 4.86. The largest absolute Gasteiger partial charge is 0.396 e. The molecule has 10 radical (unpaired) electrons. The highest BCUT2D eigenvalue weighted by molar-refractivity contribution is 5.78. The second-order valence-electron chi connectivity index (χ2n) is 6.74. The van der Waals surface area contributed by atoms with E-state index < -0.39 is 0 Å². The Morgan fingerprint density at radius 2 is 1.50 bits per heavy atom. The Kier molecular flexibility index (Phi) is 6.96. The molecule has 1 aliphatic heterocycles. The summed E-state index contributed by atoms with van der Waals surface area (Å²) < 4.78 is 0. The standard InChI is InChI=1S/C20H26N2O2/c23-16-19-9-11-22(12-10-19)20(24)15-21(13-17-5-1-2-6-17)14-18-7-3-4-8-18/h1-8,19,23H,9-16H2. The first kappa shape index (κ1) is 18.2. The van der Waals surface area contributed by atoms with E-state index in [4.69, 9.17) is 0 Å². The van der Waals surface area contributed by atoms with Crippen LogP contribution in [0, 0.1) is 69.1 Å². The minimum atomic E-state index is 0.199. The van der Waals surface area contributed by atoms with Gasteiger partial charge in [-0.2, -0.15) is 0 Å². The Bertz CT molecular complexity index is 363. The quantitative estimate of drug-likeness (QED) is 0.768. The molecule has 24 heavy (non-hydrogen) atoms. The molecular weight excluding hydrogens is 300 g/mol. The molecule has 0 atom stereocenters. The van der Waals surface area contributed by atoms with Gasteiger partial charge < -0.3 is 10.0 Å². The Labute approximate surface area is 147 Å². The van der Waals surface area contributed by atoms with E-state index in [1.807, 2.05) is 30.6 Å². The predicted molar refractivity (Wildman–Crippen MR) is 93.7 cm³/mol. The normalized spacial score (nSPS) is 24.3. The second-order valence-corrected chi connectivity index (χ2v) is 6.74. The number of rotatable bonds is 7. The van der Waals surface area contributed by atoms with Crippen LogP contribution in [0.5, 0.6) is 0 Å². The van der Waals surface area contributed by atoms with Crippen LogP contribution in [0.25, 0.3) is 0 Å². The lowest BCUT2D eigenvalue weighted by Gasteiger charge is -2.34. The van der Waals surface area contributed by atoms with Gasteiger partial charge in [-0.05, 0) is 82.0 Å². The summed E-state index contributed by atoms with van der Waals surface area (Å²) in [6.07, 6.45) is 18.4. The van der Waals surface area contributed by atoms with Crippen molar-refractivity contribution >= 4 is 5.91 Å². The van der Waals surface area contributed by atoms with E-state index in [-0.39, 0.29) is 12.5 Å². The van der Waals surface area contributed by atoms with Crippen molar-refractivity contribution in [3.05, 3.63) is 63.2 Å². The number of hydrogen-bond acceptors (Lipinski definition) is 3. The lowest BCUT2D eigenvalue weighted by molar-refractivity contribution is -0.133. The van der Waals surface area contributed by atoms with Crippen LogP contribution in [0.1, 0.15) is 12.8 Å². The third-order valence-corrected chi connectivity index (χ3v) is 4.86. The molecule has 4 nitrogen and oxygen atoms in total. The fourth-order valence-electron chi connectivity index (χ4n) is 3.38. The van der Waals surface area contributed by atoms with Gasteiger partial charge in [0.15, 0.2) is 0 Å². The Hall–Kier alpha value is -0.610. The van der Waals surface area contributed by atoms with Gasteiger partial charge in [0.2, 0.25) is 5.91 Å². The average molecular weight is 326 g/mol. The molecule has 1 saturated heterocycles. The number of aliphatic hydroxyl groups is 1. The average Bonchev–Trinajstić information content (AvgIpc) is 3.29. The van der Waals surface area contributed by atoms with Crippen molar-refractivity contribution in [3.63, 3.8) is 0 Å². The van der Waals surface area contributed by atoms with Crippen LogP contribution in [0.2, 0.25) is 0 Å². The van der Waals surface area contributed by atoms with E-state index in [2.05, 4.69) is 30.6 Å². The van der Waals surface area contributed by atoms with Crippen molar-refractivity contribution < 1.29 is 9.90 Å². The van der Waals surface area contributed by atoms with Gasteiger partial charge in [-0.1, -0.05) is 0 Å². The molecule has 0 aromatic rings. The molecule has 3 fully saturated rings. The van der Waals surface area contributed by atoms with Crippen LogP contribution in [-0.4, -0.2) is 60.1 Å². The van der Waals surface area contributed by atoms with Crippen molar-refractivity contribution in [1.29, 1.82) is 0 Å². The number of nitrogens with zero attached hydrogens (tertiary/aromatic N) is 2. The van der Waals surface area contributed by atoms with Crippen molar-refractivity contribution in [2.45, 2.75) is 12.8 Å². The smallest absolute Gasteiger partial charge is 0.236 e. The summed E-state index contributed by atoms with van der Waals surface area (Å²) in [4.78, 5) is 16.8. The molecule has 4 heteroatoms. The van der Waals surface area contributed by atoms with E-state index in [1.165, 1.54) is 11.8 Å². The predicted octanol–water partition coefficient (Wildman–Crippen LogP) is 1.33. The molecule has 3 rings (SSSR count). The number of piperidine rings is 1. The first-order valence-corrected chi connectivity index (χ1v) is 8.77. The van der Waals surface area contributed by atoms with Gasteiger partial charge >= 0.3 is 0 Å².